The zero-order valence-corrected chi connectivity index (χ0v) is 19.4. The van der Waals surface area contributed by atoms with Gasteiger partial charge in [0.1, 0.15) is 12.3 Å². The van der Waals surface area contributed by atoms with Gasteiger partial charge in [0.15, 0.2) is 21.9 Å². The van der Waals surface area contributed by atoms with Crippen LogP contribution in [0, 0.1) is 0 Å². The second-order valence-electron chi connectivity index (χ2n) is 7.47. The molecule has 0 aliphatic heterocycles. The third-order valence-electron chi connectivity index (χ3n) is 4.28. The molecule has 1 aliphatic carbocycles. The molecule has 3 atom stereocenters. The molecule has 1 saturated carbocycles. The summed E-state index contributed by atoms with van der Waals surface area (Å²) < 4.78 is 16.4. The maximum Gasteiger partial charge on any atom is 0.332 e. The number of carbonyl (C=O) groups excluding carboxylic acids is 1. The molecule has 0 amide bonds. The molecule has 30 heavy (non-hydrogen) atoms. The van der Waals surface area contributed by atoms with E-state index in [1.54, 1.807) is 20.8 Å². The van der Waals surface area contributed by atoms with Crippen molar-refractivity contribution in [1.29, 1.82) is 0 Å². The Balaban J connectivity index is 2.13. The van der Waals surface area contributed by atoms with E-state index < -0.39 is 17.9 Å². The number of rotatable bonds is 11. The monoisotopic (exact) mass is 462 g/mol. The van der Waals surface area contributed by atoms with E-state index in [-0.39, 0.29) is 29.6 Å². The number of hydrogen-bond acceptors (Lipinski definition) is 10. The number of nitrogen functional groups attached to an aromatic ring is 1. The van der Waals surface area contributed by atoms with Gasteiger partial charge in [0.05, 0.1) is 24.9 Å². The van der Waals surface area contributed by atoms with Crippen molar-refractivity contribution in [2.75, 3.05) is 30.0 Å². The minimum atomic E-state index is -1.34. The van der Waals surface area contributed by atoms with E-state index in [1.807, 2.05) is 0 Å². The van der Waals surface area contributed by atoms with Crippen molar-refractivity contribution in [3.05, 3.63) is 5.15 Å². The van der Waals surface area contributed by atoms with Gasteiger partial charge in [0.25, 0.3) is 0 Å². The van der Waals surface area contributed by atoms with E-state index in [0.717, 1.165) is 12.2 Å². The second kappa shape index (κ2) is 11.3. The summed E-state index contributed by atoms with van der Waals surface area (Å²) >= 11 is 7.69. The third-order valence-corrected chi connectivity index (χ3v) is 5.62. The van der Waals surface area contributed by atoms with Crippen LogP contribution in [0.2, 0.25) is 5.15 Å². The molecule has 4 N–H and O–H groups in total. The largest absolute Gasteiger partial charge is 0.464 e. The maximum absolute atomic E-state index is 11.6. The number of nitrogens with zero attached hydrogens (tertiary/aromatic N) is 2. The van der Waals surface area contributed by atoms with Crippen molar-refractivity contribution in [2.24, 2.45) is 0 Å². The maximum atomic E-state index is 11.6. The van der Waals surface area contributed by atoms with Gasteiger partial charge in [0.2, 0.25) is 0 Å². The van der Waals surface area contributed by atoms with Crippen molar-refractivity contribution in [3.63, 3.8) is 0 Å². The van der Waals surface area contributed by atoms with E-state index in [1.165, 1.54) is 11.8 Å². The fourth-order valence-corrected chi connectivity index (χ4v) is 4.02. The number of halogens is 1. The number of ether oxygens (including phenoxy) is 3. The Morgan fingerprint density at radius 3 is 2.73 bits per heavy atom. The summed E-state index contributed by atoms with van der Waals surface area (Å²) in [6.07, 6.45) is 1.34. The second-order valence-corrected chi connectivity index (χ2v) is 8.89. The van der Waals surface area contributed by atoms with Gasteiger partial charge in [-0.3, -0.25) is 0 Å². The Labute approximate surface area is 186 Å². The van der Waals surface area contributed by atoms with Gasteiger partial charge in [-0.2, -0.15) is 0 Å². The van der Waals surface area contributed by atoms with Crippen LogP contribution in [-0.2, 0) is 19.0 Å². The molecule has 0 aromatic carbocycles. The SMILES string of the molecule is CCCSc1nc(Cl)c(N)c(NC2CC(OCC(=O)OCC)CC2OC(C)(C)O)n1. The van der Waals surface area contributed by atoms with E-state index in [0.29, 0.717) is 30.4 Å². The highest BCUT2D eigenvalue weighted by Gasteiger charge is 2.39. The summed E-state index contributed by atoms with van der Waals surface area (Å²) in [4.78, 5) is 20.3. The van der Waals surface area contributed by atoms with Crippen molar-refractivity contribution < 1.29 is 24.1 Å². The van der Waals surface area contributed by atoms with Crippen LogP contribution >= 0.6 is 23.4 Å². The lowest BCUT2D eigenvalue weighted by Gasteiger charge is -2.28. The van der Waals surface area contributed by atoms with Crippen LogP contribution < -0.4 is 11.1 Å². The van der Waals surface area contributed by atoms with Gasteiger partial charge in [-0.25, -0.2) is 14.8 Å². The summed E-state index contributed by atoms with van der Waals surface area (Å²) in [5.41, 5.74) is 6.33. The summed E-state index contributed by atoms with van der Waals surface area (Å²) in [5, 5.41) is 14.1. The normalized spacial score (nSPS) is 21.6. The first kappa shape index (κ1) is 24.9. The number of nitrogens with one attached hydrogen (secondary N) is 1. The Morgan fingerprint density at radius 1 is 1.37 bits per heavy atom. The molecule has 1 fully saturated rings. The highest BCUT2D eigenvalue weighted by molar-refractivity contribution is 7.99. The molecule has 3 unspecified atom stereocenters. The van der Waals surface area contributed by atoms with Crippen LogP contribution in [0.4, 0.5) is 11.5 Å². The smallest absolute Gasteiger partial charge is 0.332 e. The van der Waals surface area contributed by atoms with E-state index in [2.05, 4.69) is 22.2 Å². The molecule has 1 aromatic rings. The molecular formula is C19H31ClN4O5S. The average molecular weight is 463 g/mol. The molecule has 2 rings (SSSR count). The van der Waals surface area contributed by atoms with Crippen molar-refractivity contribution in [2.45, 2.75) is 76.2 Å². The molecule has 9 nitrogen and oxygen atoms in total. The lowest BCUT2D eigenvalue weighted by Crippen LogP contribution is -2.38. The lowest BCUT2D eigenvalue weighted by molar-refractivity contribution is -0.206. The first-order valence-corrected chi connectivity index (χ1v) is 11.4. The summed E-state index contributed by atoms with van der Waals surface area (Å²) in [6.45, 7) is 7.09. The number of carbonyl (C=O) groups is 1. The van der Waals surface area contributed by atoms with E-state index >= 15 is 0 Å². The zero-order valence-electron chi connectivity index (χ0n) is 17.8. The average Bonchev–Trinajstić information content (AvgIpc) is 3.02. The number of aromatic nitrogens is 2. The Bertz CT molecular complexity index is 719. The summed E-state index contributed by atoms with van der Waals surface area (Å²) in [7, 11) is 0. The number of hydrogen-bond donors (Lipinski definition) is 3. The molecule has 0 spiro atoms. The predicted octanol–water partition coefficient (Wildman–Crippen LogP) is 2.85. The van der Waals surface area contributed by atoms with Crippen LogP contribution in [0.5, 0.6) is 0 Å². The van der Waals surface area contributed by atoms with E-state index in [9.17, 15) is 9.90 Å². The van der Waals surface area contributed by atoms with Crippen LogP contribution in [0.3, 0.4) is 0 Å². The standard InChI is InChI=1S/C19H31ClN4O5S/c1-5-7-30-18-23-16(20)15(21)17(24-18)22-12-8-11(28-10-14(25)27-6-2)9-13(12)29-19(3,4)26/h11-13,26H,5-10,21H2,1-4H3,(H,22,23,24). The van der Waals surface area contributed by atoms with Crippen LogP contribution in [0.15, 0.2) is 5.16 Å². The topological polar surface area (TPSA) is 129 Å². The van der Waals surface area contributed by atoms with Crippen LogP contribution in [0.25, 0.3) is 0 Å². The fourth-order valence-electron chi connectivity index (χ4n) is 3.10. The van der Waals surface area contributed by atoms with Gasteiger partial charge in [-0.05, 0) is 33.6 Å². The Kier molecular flexibility index (Phi) is 9.42. The van der Waals surface area contributed by atoms with Crippen LogP contribution in [-0.4, -0.2) is 64.0 Å². The number of anilines is 2. The Hall–Kier alpha value is -1.33. The van der Waals surface area contributed by atoms with Gasteiger partial charge in [-0.15, -0.1) is 0 Å². The van der Waals surface area contributed by atoms with Gasteiger partial charge < -0.3 is 30.4 Å². The zero-order chi connectivity index (χ0) is 22.3. The van der Waals surface area contributed by atoms with Gasteiger partial charge >= 0.3 is 5.97 Å². The van der Waals surface area contributed by atoms with E-state index in [4.69, 9.17) is 31.5 Å². The lowest BCUT2D eigenvalue weighted by atomic mass is 10.2. The highest BCUT2D eigenvalue weighted by Crippen LogP contribution is 2.34. The summed E-state index contributed by atoms with van der Waals surface area (Å²) in [5.74, 6) is -0.484. The number of esters is 1. The molecule has 0 saturated heterocycles. The first-order valence-electron chi connectivity index (χ1n) is 10.0. The fraction of sp³-hybridized carbons (Fsp3) is 0.737. The first-order chi connectivity index (χ1) is 14.1. The molecule has 11 heteroatoms. The van der Waals surface area contributed by atoms with Crippen molar-refractivity contribution in [1.82, 2.24) is 9.97 Å². The molecule has 1 aliphatic rings. The number of thioether (sulfide) groups is 1. The molecule has 170 valence electrons. The van der Waals surface area contributed by atoms with Crippen LogP contribution in [0.1, 0.15) is 47.0 Å². The molecule has 1 aromatic heterocycles. The molecule has 1 heterocycles. The number of nitrogens with two attached hydrogens (primary N) is 1. The quantitative estimate of drug-likeness (QED) is 0.148. The molecule has 0 bridgehead atoms. The molecule has 0 radical (unpaired) electrons. The summed E-state index contributed by atoms with van der Waals surface area (Å²) in [6, 6.07) is -0.263. The van der Waals surface area contributed by atoms with Crippen molar-refractivity contribution in [3.8, 4) is 0 Å². The third kappa shape index (κ3) is 7.73. The minimum Gasteiger partial charge on any atom is -0.464 e. The van der Waals surface area contributed by atoms with Gasteiger partial charge in [-0.1, -0.05) is 30.3 Å². The van der Waals surface area contributed by atoms with Gasteiger partial charge in [0, 0.05) is 12.2 Å². The number of aliphatic hydroxyl groups is 1. The predicted molar refractivity (Wildman–Crippen MR) is 117 cm³/mol. The Morgan fingerprint density at radius 2 is 2.10 bits per heavy atom. The minimum absolute atomic E-state index is 0.139. The molecular weight excluding hydrogens is 432 g/mol. The highest BCUT2D eigenvalue weighted by atomic mass is 35.5. The van der Waals surface area contributed by atoms with Crippen molar-refractivity contribution >= 4 is 40.8 Å².